The Morgan fingerprint density at radius 2 is 1.79 bits per heavy atom. The van der Waals surface area contributed by atoms with E-state index < -0.39 is 0 Å². The number of carbonyl (C=O) groups is 1. The number of nitrogens with one attached hydrogen (secondary N) is 1. The van der Waals surface area contributed by atoms with Crippen molar-refractivity contribution in [2.75, 3.05) is 11.9 Å². The molecule has 0 aliphatic heterocycles. The van der Waals surface area contributed by atoms with Crippen molar-refractivity contribution in [3.8, 4) is 0 Å². The van der Waals surface area contributed by atoms with Gasteiger partial charge in [0.15, 0.2) is 0 Å². The van der Waals surface area contributed by atoms with Crippen molar-refractivity contribution in [1.82, 2.24) is 15.3 Å². The summed E-state index contributed by atoms with van der Waals surface area (Å²) in [6.07, 6.45) is 8.50. The lowest BCUT2D eigenvalue weighted by Gasteiger charge is -2.19. The minimum absolute atomic E-state index is 0.105. The van der Waals surface area contributed by atoms with E-state index in [2.05, 4.69) is 15.3 Å². The highest BCUT2D eigenvalue weighted by molar-refractivity contribution is 5.93. The number of hydrogen-bond donors (Lipinski definition) is 1. The highest BCUT2D eigenvalue weighted by Crippen LogP contribution is 2.21. The number of benzene rings is 1. The predicted octanol–water partition coefficient (Wildman–Crippen LogP) is 3.70. The molecular weight excluding hydrogens is 300 g/mol. The number of aromatic nitrogens is 2. The molecule has 24 heavy (non-hydrogen) atoms. The van der Waals surface area contributed by atoms with E-state index >= 15 is 0 Å². The summed E-state index contributed by atoms with van der Waals surface area (Å²) in [4.78, 5) is 22.9. The van der Waals surface area contributed by atoms with Crippen LogP contribution in [0.15, 0.2) is 42.7 Å². The van der Waals surface area contributed by atoms with Crippen LogP contribution < -0.4 is 10.2 Å². The SMILES string of the molecule is CN(c1ccccc1)c1cc(C(=O)NC2CCCCCC2)ncn1. The lowest BCUT2D eigenvalue weighted by atomic mass is 10.1. The van der Waals surface area contributed by atoms with E-state index in [0.29, 0.717) is 11.5 Å². The number of hydrogen-bond acceptors (Lipinski definition) is 4. The Morgan fingerprint density at radius 3 is 2.50 bits per heavy atom. The molecule has 1 heterocycles. The van der Waals surface area contributed by atoms with Crippen molar-refractivity contribution in [1.29, 1.82) is 0 Å². The second-order valence-electron chi connectivity index (χ2n) is 6.32. The minimum Gasteiger partial charge on any atom is -0.348 e. The Hall–Kier alpha value is -2.43. The van der Waals surface area contributed by atoms with Gasteiger partial charge >= 0.3 is 0 Å². The second-order valence-corrected chi connectivity index (χ2v) is 6.32. The van der Waals surface area contributed by atoms with Gasteiger partial charge in [0.2, 0.25) is 0 Å². The molecule has 1 aromatic carbocycles. The molecule has 126 valence electrons. The Kier molecular flexibility index (Phi) is 5.41. The Labute approximate surface area is 143 Å². The van der Waals surface area contributed by atoms with Crippen LogP contribution in [0.25, 0.3) is 0 Å². The average molecular weight is 324 g/mol. The molecule has 0 unspecified atom stereocenters. The third-order valence-corrected chi connectivity index (χ3v) is 4.56. The van der Waals surface area contributed by atoms with Crippen LogP contribution in [-0.2, 0) is 0 Å². The summed E-state index contributed by atoms with van der Waals surface area (Å²) >= 11 is 0. The quantitative estimate of drug-likeness (QED) is 0.871. The van der Waals surface area contributed by atoms with Crippen molar-refractivity contribution < 1.29 is 4.79 Å². The fraction of sp³-hybridized carbons (Fsp3) is 0.421. The van der Waals surface area contributed by atoms with Gasteiger partial charge in [-0.1, -0.05) is 43.9 Å². The van der Waals surface area contributed by atoms with Crippen molar-refractivity contribution >= 4 is 17.4 Å². The first-order valence-electron chi connectivity index (χ1n) is 8.66. The van der Waals surface area contributed by atoms with Crippen LogP contribution in [0.3, 0.4) is 0 Å². The molecule has 2 aromatic rings. The molecule has 1 amide bonds. The first-order valence-corrected chi connectivity index (χ1v) is 8.66. The lowest BCUT2D eigenvalue weighted by molar-refractivity contribution is 0.0928. The van der Waals surface area contributed by atoms with E-state index in [0.717, 1.165) is 18.5 Å². The topological polar surface area (TPSA) is 58.1 Å². The van der Waals surface area contributed by atoms with Gasteiger partial charge in [0.05, 0.1) is 0 Å². The van der Waals surface area contributed by atoms with Crippen molar-refractivity contribution in [2.45, 2.75) is 44.6 Å². The van der Waals surface area contributed by atoms with E-state index in [1.165, 1.54) is 32.0 Å². The van der Waals surface area contributed by atoms with Gasteiger partial charge in [-0.3, -0.25) is 4.79 Å². The Balaban J connectivity index is 1.71. The predicted molar refractivity (Wildman–Crippen MR) is 95.5 cm³/mol. The molecule has 3 rings (SSSR count). The Morgan fingerprint density at radius 1 is 1.08 bits per heavy atom. The first kappa shape index (κ1) is 16.4. The maximum Gasteiger partial charge on any atom is 0.270 e. The molecule has 1 fully saturated rings. The van der Waals surface area contributed by atoms with Crippen LogP contribution in [0.2, 0.25) is 0 Å². The van der Waals surface area contributed by atoms with Crippen molar-refractivity contribution in [3.63, 3.8) is 0 Å². The minimum atomic E-state index is -0.105. The fourth-order valence-corrected chi connectivity index (χ4v) is 3.12. The summed E-state index contributed by atoms with van der Waals surface area (Å²) in [5.74, 6) is 0.606. The van der Waals surface area contributed by atoms with E-state index in [-0.39, 0.29) is 11.9 Å². The number of amides is 1. The number of rotatable bonds is 4. The number of anilines is 2. The molecule has 1 saturated carbocycles. The molecule has 1 aromatic heterocycles. The van der Waals surface area contributed by atoms with E-state index in [1.54, 1.807) is 6.07 Å². The van der Waals surface area contributed by atoms with Crippen molar-refractivity contribution in [2.24, 2.45) is 0 Å². The van der Waals surface area contributed by atoms with Gasteiger partial charge in [-0.15, -0.1) is 0 Å². The summed E-state index contributed by atoms with van der Waals surface area (Å²) in [7, 11) is 1.94. The number of nitrogens with zero attached hydrogens (tertiary/aromatic N) is 3. The summed E-state index contributed by atoms with van der Waals surface area (Å²) in [6, 6.07) is 12.0. The van der Waals surface area contributed by atoms with Crippen LogP contribution in [0.5, 0.6) is 0 Å². The average Bonchev–Trinajstić information content (AvgIpc) is 2.90. The summed E-state index contributed by atoms with van der Waals surface area (Å²) < 4.78 is 0. The van der Waals surface area contributed by atoms with E-state index in [4.69, 9.17) is 0 Å². The normalized spacial score (nSPS) is 15.5. The molecule has 0 spiro atoms. The van der Waals surface area contributed by atoms with Crippen LogP contribution in [0.1, 0.15) is 49.0 Å². The Bertz CT molecular complexity index is 666. The molecule has 0 atom stereocenters. The monoisotopic (exact) mass is 324 g/mol. The van der Waals surface area contributed by atoms with Gasteiger partial charge in [0.25, 0.3) is 5.91 Å². The summed E-state index contributed by atoms with van der Waals surface area (Å²) in [5.41, 5.74) is 1.44. The van der Waals surface area contributed by atoms with Crippen LogP contribution in [0.4, 0.5) is 11.5 Å². The smallest absolute Gasteiger partial charge is 0.270 e. The van der Waals surface area contributed by atoms with Crippen LogP contribution in [0, 0.1) is 0 Å². The van der Waals surface area contributed by atoms with Crippen LogP contribution in [-0.4, -0.2) is 29.0 Å². The molecule has 1 N–H and O–H groups in total. The molecule has 1 aliphatic rings. The molecule has 5 heteroatoms. The largest absolute Gasteiger partial charge is 0.348 e. The third kappa shape index (κ3) is 4.10. The van der Waals surface area contributed by atoms with Gasteiger partial charge in [0, 0.05) is 24.8 Å². The second kappa shape index (κ2) is 7.90. The molecular formula is C19H24N4O. The maximum absolute atomic E-state index is 12.5. The zero-order chi connectivity index (χ0) is 16.8. The molecule has 0 bridgehead atoms. The first-order chi connectivity index (χ1) is 11.7. The fourth-order valence-electron chi connectivity index (χ4n) is 3.12. The van der Waals surface area contributed by atoms with E-state index in [1.807, 2.05) is 42.3 Å². The zero-order valence-electron chi connectivity index (χ0n) is 14.1. The molecule has 0 radical (unpaired) electrons. The van der Waals surface area contributed by atoms with Gasteiger partial charge < -0.3 is 10.2 Å². The standard InChI is InChI=1S/C19H24N4O/c1-23(16-11-7-4-8-12-16)18-13-17(20-14-21-18)19(24)22-15-9-5-2-3-6-10-15/h4,7-8,11-15H,2-3,5-6,9-10H2,1H3,(H,22,24). The summed E-state index contributed by atoms with van der Waals surface area (Å²) in [5, 5.41) is 3.13. The molecule has 0 saturated heterocycles. The highest BCUT2D eigenvalue weighted by Gasteiger charge is 2.17. The van der Waals surface area contributed by atoms with Gasteiger partial charge in [-0.25, -0.2) is 9.97 Å². The van der Waals surface area contributed by atoms with Gasteiger partial charge in [0.1, 0.15) is 17.8 Å². The number of carbonyl (C=O) groups excluding carboxylic acids is 1. The highest BCUT2D eigenvalue weighted by atomic mass is 16.1. The van der Waals surface area contributed by atoms with Crippen LogP contribution >= 0.6 is 0 Å². The lowest BCUT2D eigenvalue weighted by Crippen LogP contribution is -2.35. The molecule has 1 aliphatic carbocycles. The van der Waals surface area contributed by atoms with Gasteiger partial charge in [-0.05, 0) is 25.0 Å². The number of para-hydroxylation sites is 1. The molecule has 5 nitrogen and oxygen atoms in total. The van der Waals surface area contributed by atoms with Crippen molar-refractivity contribution in [3.05, 3.63) is 48.4 Å². The third-order valence-electron chi connectivity index (χ3n) is 4.56. The van der Waals surface area contributed by atoms with E-state index in [9.17, 15) is 4.79 Å². The summed E-state index contributed by atoms with van der Waals surface area (Å²) in [6.45, 7) is 0. The zero-order valence-corrected chi connectivity index (χ0v) is 14.1. The maximum atomic E-state index is 12.5. The van der Waals surface area contributed by atoms with Gasteiger partial charge in [-0.2, -0.15) is 0 Å².